The third kappa shape index (κ3) is 2.00. The number of hydrogen-bond acceptors (Lipinski definition) is 3. The number of nitrogens with zero attached hydrogens (tertiary/aromatic N) is 2. The van der Waals surface area contributed by atoms with Gasteiger partial charge in [-0.15, -0.1) is 0 Å². The minimum absolute atomic E-state index is 0.181. The maximum atomic E-state index is 13.8. The molecule has 0 aliphatic carbocycles. The first-order valence-electron chi connectivity index (χ1n) is 7.26. The topological polar surface area (TPSA) is 28.2 Å². The van der Waals surface area contributed by atoms with E-state index in [0.717, 1.165) is 55.6 Å². The number of halogens is 1. The summed E-state index contributed by atoms with van der Waals surface area (Å²) in [5.74, 6) is 1.39. The van der Waals surface area contributed by atoms with Crippen LogP contribution in [-0.4, -0.2) is 36.1 Å². The molecule has 3 nitrogen and oxygen atoms in total. The Morgan fingerprint density at radius 3 is 2.80 bits per heavy atom. The van der Waals surface area contributed by atoms with Gasteiger partial charge in [-0.25, -0.2) is 4.39 Å². The minimum Gasteiger partial charge on any atom is -0.316 e. The Balaban J connectivity index is 1.62. The first kappa shape index (κ1) is 12.2. The van der Waals surface area contributed by atoms with Crippen molar-refractivity contribution in [2.45, 2.75) is 6.54 Å². The summed E-state index contributed by atoms with van der Waals surface area (Å²) in [6.45, 7) is 5.45. The number of aromatic nitrogens is 1. The first-order chi connectivity index (χ1) is 9.81. The zero-order valence-corrected chi connectivity index (χ0v) is 11.3. The molecular formula is C16H18FN3. The molecule has 1 N–H and O–H groups in total. The van der Waals surface area contributed by atoms with Crippen LogP contribution in [0.2, 0.25) is 0 Å². The van der Waals surface area contributed by atoms with E-state index in [1.807, 2.05) is 12.1 Å². The van der Waals surface area contributed by atoms with Crippen LogP contribution in [0.5, 0.6) is 0 Å². The lowest BCUT2D eigenvalue weighted by Crippen LogP contribution is -2.25. The molecule has 104 valence electrons. The molecule has 2 saturated heterocycles. The number of pyridine rings is 1. The van der Waals surface area contributed by atoms with Crippen LogP contribution in [0.25, 0.3) is 10.9 Å². The fraction of sp³-hybridized carbons (Fsp3) is 0.438. The van der Waals surface area contributed by atoms with Gasteiger partial charge in [0.15, 0.2) is 0 Å². The van der Waals surface area contributed by atoms with E-state index in [4.69, 9.17) is 0 Å². The van der Waals surface area contributed by atoms with Gasteiger partial charge in [0.05, 0.1) is 5.52 Å². The van der Waals surface area contributed by atoms with Crippen LogP contribution in [0, 0.1) is 17.7 Å². The van der Waals surface area contributed by atoms with Crippen molar-refractivity contribution in [1.82, 2.24) is 15.2 Å². The van der Waals surface area contributed by atoms with Crippen molar-refractivity contribution in [3.05, 3.63) is 41.8 Å². The third-order valence-electron chi connectivity index (χ3n) is 4.66. The van der Waals surface area contributed by atoms with Gasteiger partial charge in [0, 0.05) is 31.2 Å². The molecule has 0 saturated carbocycles. The van der Waals surface area contributed by atoms with Gasteiger partial charge >= 0.3 is 0 Å². The molecule has 0 spiro atoms. The van der Waals surface area contributed by atoms with E-state index in [1.54, 1.807) is 18.3 Å². The van der Waals surface area contributed by atoms with E-state index in [9.17, 15) is 4.39 Å². The number of fused-ring (bicyclic) bond motifs is 2. The fourth-order valence-corrected chi connectivity index (χ4v) is 3.65. The van der Waals surface area contributed by atoms with E-state index in [2.05, 4.69) is 15.2 Å². The molecule has 2 aliphatic rings. The van der Waals surface area contributed by atoms with E-state index in [-0.39, 0.29) is 5.82 Å². The Kier molecular flexibility index (Phi) is 2.93. The predicted octanol–water partition coefficient (Wildman–Crippen LogP) is 2.03. The highest BCUT2D eigenvalue weighted by molar-refractivity contribution is 5.82. The summed E-state index contributed by atoms with van der Waals surface area (Å²) in [4.78, 5) is 6.86. The molecule has 1 aromatic carbocycles. The summed E-state index contributed by atoms with van der Waals surface area (Å²) in [5.41, 5.74) is 1.94. The van der Waals surface area contributed by atoms with Crippen molar-refractivity contribution < 1.29 is 4.39 Å². The average Bonchev–Trinajstić information content (AvgIpc) is 3.03. The van der Waals surface area contributed by atoms with Crippen LogP contribution in [0.1, 0.15) is 5.56 Å². The van der Waals surface area contributed by atoms with Crippen molar-refractivity contribution in [2.24, 2.45) is 11.8 Å². The number of likely N-dealkylation sites (tertiary alicyclic amines) is 1. The molecule has 1 aromatic heterocycles. The van der Waals surface area contributed by atoms with Gasteiger partial charge in [-0.05, 0) is 48.7 Å². The maximum absolute atomic E-state index is 13.8. The zero-order valence-electron chi connectivity index (χ0n) is 11.3. The lowest BCUT2D eigenvalue weighted by Gasteiger charge is -2.18. The first-order valence-corrected chi connectivity index (χ1v) is 7.26. The van der Waals surface area contributed by atoms with Crippen molar-refractivity contribution in [3.63, 3.8) is 0 Å². The molecule has 0 unspecified atom stereocenters. The normalized spacial score (nSPS) is 26.2. The number of rotatable bonds is 2. The predicted molar refractivity (Wildman–Crippen MR) is 76.8 cm³/mol. The Morgan fingerprint density at radius 2 is 2.00 bits per heavy atom. The maximum Gasteiger partial charge on any atom is 0.132 e. The smallest absolute Gasteiger partial charge is 0.132 e. The van der Waals surface area contributed by atoms with Crippen molar-refractivity contribution in [1.29, 1.82) is 0 Å². The molecule has 2 atom stereocenters. The standard InChI is InChI=1S/C16H18FN3/c17-15-4-3-11(16-14(15)2-1-5-19-16)8-20-9-12-6-18-7-13(12)10-20/h1-5,12-13,18H,6-10H2/t12-,13+. The highest BCUT2D eigenvalue weighted by Gasteiger charge is 2.35. The number of nitrogens with one attached hydrogen (secondary N) is 1. The Hall–Kier alpha value is -1.52. The van der Waals surface area contributed by atoms with Crippen LogP contribution >= 0.6 is 0 Å². The average molecular weight is 271 g/mol. The van der Waals surface area contributed by atoms with E-state index in [1.165, 1.54) is 0 Å². The zero-order chi connectivity index (χ0) is 13.5. The Bertz CT molecular complexity index is 631. The monoisotopic (exact) mass is 271 g/mol. The quantitative estimate of drug-likeness (QED) is 0.906. The summed E-state index contributed by atoms with van der Waals surface area (Å²) in [5, 5.41) is 4.09. The van der Waals surface area contributed by atoms with Gasteiger partial charge in [0.2, 0.25) is 0 Å². The SMILES string of the molecule is Fc1ccc(CN2C[C@H]3CNC[C@H]3C2)c2ncccc12. The molecule has 3 heterocycles. The van der Waals surface area contributed by atoms with Crippen LogP contribution in [0.3, 0.4) is 0 Å². The summed E-state index contributed by atoms with van der Waals surface area (Å²) in [6, 6.07) is 7.06. The Labute approximate surface area is 117 Å². The van der Waals surface area contributed by atoms with Gasteiger partial charge in [-0.2, -0.15) is 0 Å². The summed E-state index contributed by atoms with van der Waals surface area (Å²) in [7, 11) is 0. The van der Waals surface area contributed by atoms with Gasteiger partial charge in [0.25, 0.3) is 0 Å². The van der Waals surface area contributed by atoms with Gasteiger partial charge < -0.3 is 5.32 Å². The van der Waals surface area contributed by atoms with Gasteiger partial charge in [-0.3, -0.25) is 9.88 Å². The van der Waals surface area contributed by atoms with Gasteiger partial charge in [-0.1, -0.05) is 6.07 Å². The second-order valence-corrected chi connectivity index (χ2v) is 5.98. The molecule has 4 heteroatoms. The summed E-state index contributed by atoms with van der Waals surface area (Å²) >= 11 is 0. The second-order valence-electron chi connectivity index (χ2n) is 5.98. The van der Waals surface area contributed by atoms with Crippen LogP contribution < -0.4 is 5.32 Å². The third-order valence-corrected chi connectivity index (χ3v) is 4.66. The van der Waals surface area contributed by atoms with Crippen molar-refractivity contribution >= 4 is 10.9 Å². The molecule has 2 aliphatic heterocycles. The lowest BCUT2D eigenvalue weighted by molar-refractivity contribution is 0.306. The molecule has 20 heavy (non-hydrogen) atoms. The molecule has 4 rings (SSSR count). The van der Waals surface area contributed by atoms with Crippen LogP contribution in [-0.2, 0) is 6.54 Å². The summed E-state index contributed by atoms with van der Waals surface area (Å²) < 4.78 is 13.8. The highest BCUT2D eigenvalue weighted by atomic mass is 19.1. The van der Waals surface area contributed by atoms with Crippen molar-refractivity contribution in [2.75, 3.05) is 26.2 Å². The van der Waals surface area contributed by atoms with Crippen molar-refractivity contribution in [3.8, 4) is 0 Å². The van der Waals surface area contributed by atoms with E-state index >= 15 is 0 Å². The number of hydrogen-bond donors (Lipinski definition) is 1. The minimum atomic E-state index is -0.181. The molecular weight excluding hydrogens is 253 g/mol. The largest absolute Gasteiger partial charge is 0.316 e. The highest BCUT2D eigenvalue weighted by Crippen LogP contribution is 2.29. The molecule has 0 amide bonds. The second kappa shape index (κ2) is 4.79. The van der Waals surface area contributed by atoms with Crippen LogP contribution in [0.4, 0.5) is 4.39 Å². The van der Waals surface area contributed by atoms with E-state index in [0.29, 0.717) is 5.39 Å². The Morgan fingerprint density at radius 1 is 1.20 bits per heavy atom. The summed E-state index contributed by atoms with van der Waals surface area (Å²) in [6.07, 6.45) is 1.74. The van der Waals surface area contributed by atoms with Gasteiger partial charge in [0.1, 0.15) is 5.82 Å². The van der Waals surface area contributed by atoms with E-state index < -0.39 is 0 Å². The molecule has 2 aromatic rings. The molecule has 2 fully saturated rings. The number of benzene rings is 1. The van der Waals surface area contributed by atoms with Crippen LogP contribution in [0.15, 0.2) is 30.5 Å². The lowest BCUT2D eigenvalue weighted by atomic mass is 10.0. The molecule has 0 radical (unpaired) electrons. The molecule has 0 bridgehead atoms. The fourth-order valence-electron chi connectivity index (χ4n) is 3.65.